The molecule has 0 unspecified atom stereocenters. The monoisotopic (exact) mass is 451 g/mol. The highest BCUT2D eigenvalue weighted by Crippen LogP contribution is 2.39. The van der Waals surface area contributed by atoms with Crippen molar-refractivity contribution in [3.8, 4) is 16.9 Å². The van der Waals surface area contributed by atoms with Gasteiger partial charge in [-0.25, -0.2) is 15.0 Å². The summed E-state index contributed by atoms with van der Waals surface area (Å²) in [6, 6.07) is 8.69. The molecule has 0 atom stereocenters. The van der Waals surface area contributed by atoms with Crippen LogP contribution < -0.4 is 15.8 Å². The number of nitrogens with two attached hydrogens (primary N) is 1. The zero-order chi connectivity index (χ0) is 22.7. The molecular formula is C23H29N7OS. The van der Waals surface area contributed by atoms with Crippen LogP contribution in [-0.2, 0) is 6.54 Å². The van der Waals surface area contributed by atoms with Crippen LogP contribution >= 0.6 is 11.8 Å². The molecule has 1 aromatic carbocycles. The molecule has 0 aliphatic heterocycles. The molecular weight excluding hydrogens is 422 g/mol. The van der Waals surface area contributed by atoms with Crippen LogP contribution in [-0.4, -0.2) is 44.2 Å². The van der Waals surface area contributed by atoms with Crippen molar-refractivity contribution in [2.24, 2.45) is 0 Å². The number of ether oxygens (including phenoxy) is 1. The van der Waals surface area contributed by atoms with E-state index in [4.69, 9.17) is 15.5 Å². The number of aryl methyl sites for hydroxylation is 2. The first-order valence-electron chi connectivity index (χ1n) is 10.7. The highest BCUT2D eigenvalue weighted by atomic mass is 32.2. The van der Waals surface area contributed by atoms with Crippen LogP contribution in [0.5, 0.6) is 5.75 Å². The van der Waals surface area contributed by atoms with E-state index in [9.17, 15) is 0 Å². The van der Waals surface area contributed by atoms with E-state index in [2.05, 4.69) is 50.8 Å². The van der Waals surface area contributed by atoms with Gasteiger partial charge in [-0.2, -0.15) is 0 Å². The Hall–Kier alpha value is -3.04. The molecule has 4 aromatic rings. The first-order valence-corrected chi connectivity index (χ1v) is 11.5. The van der Waals surface area contributed by atoms with E-state index >= 15 is 0 Å². The number of aromatic amines is 1. The molecule has 0 saturated heterocycles. The average Bonchev–Trinajstić information content (AvgIpc) is 3.35. The van der Waals surface area contributed by atoms with Crippen LogP contribution in [0.25, 0.3) is 22.3 Å². The second-order valence-electron chi connectivity index (χ2n) is 7.98. The van der Waals surface area contributed by atoms with E-state index in [0.29, 0.717) is 17.4 Å². The zero-order valence-corrected chi connectivity index (χ0v) is 19.7. The van der Waals surface area contributed by atoms with Crippen molar-refractivity contribution in [1.29, 1.82) is 0 Å². The highest BCUT2D eigenvalue weighted by Gasteiger charge is 2.18. The maximum atomic E-state index is 6.12. The fourth-order valence-corrected chi connectivity index (χ4v) is 4.65. The first kappa shape index (κ1) is 22.2. The summed E-state index contributed by atoms with van der Waals surface area (Å²) in [7, 11) is 1.68. The van der Waals surface area contributed by atoms with E-state index < -0.39 is 0 Å². The standard InChI is InChI=1S/C23H29N7OS/c1-14(2)25-8-5-9-30-22-20(21(24)27-13-28-22)29-23(30)32-19-11-17(31-4)6-7-18(19)16-10-15(3)26-12-16/h6-7,10-14,25-26H,5,8-9H2,1-4H3,(H2,24,27,28). The number of anilines is 1. The number of nitrogens with zero attached hydrogens (tertiary/aromatic N) is 4. The van der Waals surface area contributed by atoms with Gasteiger partial charge >= 0.3 is 0 Å². The predicted octanol–water partition coefficient (Wildman–Crippen LogP) is 4.26. The number of methoxy groups -OCH3 is 1. The topological polar surface area (TPSA) is 107 Å². The van der Waals surface area contributed by atoms with Crippen molar-refractivity contribution in [3.05, 3.63) is 42.5 Å². The normalized spacial score (nSPS) is 11.5. The maximum absolute atomic E-state index is 6.12. The predicted molar refractivity (Wildman–Crippen MR) is 129 cm³/mol. The lowest BCUT2D eigenvalue weighted by Gasteiger charge is -2.13. The molecule has 0 bridgehead atoms. The molecule has 0 spiro atoms. The van der Waals surface area contributed by atoms with Crippen molar-refractivity contribution < 1.29 is 4.74 Å². The lowest BCUT2D eigenvalue weighted by molar-refractivity contribution is 0.414. The second-order valence-corrected chi connectivity index (χ2v) is 8.98. The number of nitrogen functional groups attached to an aromatic ring is 1. The van der Waals surface area contributed by atoms with Crippen LogP contribution in [0.3, 0.4) is 0 Å². The number of nitrogens with one attached hydrogen (secondary N) is 2. The molecule has 0 aliphatic carbocycles. The van der Waals surface area contributed by atoms with Gasteiger partial charge in [0.25, 0.3) is 0 Å². The number of imidazole rings is 1. The van der Waals surface area contributed by atoms with Gasteiger partial charge in [-0.05, 0) is 49.7 Å². The van der Waals surface area contributed by atoms with Crippen LogP contribution in [0.1, 0.15) is 26.0 Å². The number of fused-ring (bicyclic) bond motifs is 1. The summed E-state index contributed by atoms with van der Waals surface area (Å²) in [5.74, 6) is 1.19. The summed E-state index contributed by atoms with van der Waals surface area (Å²) in [6.07, 6.45) is 4.46. The van der Waals surface area contributed by atoms with Gasteiger partial charge in [0.1, 0.15) is 12.1 Å². The van der Waals surface area contributed by atoms with Crippen molar-refractivity contribution in [2.75, 3.05) is 19.4 Å². The third kappa shape index (κ3) is 4.73. The molecule has 8 nitrogen and oxygen atoms in total. The van der Waals surface area contributed by atoms with Gasteiger partial charge in [-0.3, -0.25) is 0 Å². The van der Waals surface area contributed by atoms with Gasteiger partial charge in [0.05, 0.1) is 7.11 Å². The van der Waals surface area contributed by atoms with Crippen molar-refractivity contribution in [2.45, 2.75) is 49.8 Å². The van der Waals surface area contributed by atoms with Gasteiger partial charge in [-0.15, -0.1) is 0 Å². The Balaban J connectivity index is 1.73. The Kier molecular flexibility index (Phi) is 6.66. The Bertz CT molecular complexity index is 1210. The van der Waals surface area contributed by atoms with Crippen molar-refractivity contribution >= 4 is 28.7 Å². The molecule has 168 valence electrons. The number of hydrogen-bond acceptors (Lipinski definition) is 7. The van der Waals surface area contributed by atoms with Crippen LogP contribution in [0.4, 0.5) is 5.82 Å². The summed E-state index contributed by atoms with van der Waals surface area (Å²) in [5, 5.41) is 4.30. The second kappa shape index (κ2) is 9.62. The molecule has 0 aliphatic rings. The Morgan fingerprint density at radius 1 is 1.25 bits per heavy atom. The Labute approximate surface area is 192 Å². The van der Waals surface area contributed by atoms with E-state index in [0.717, 1.165) is 57.8 Å². The Morgan fingerprint density at radius 3 is 2.81 bits per heavy atom. The smallest absolute Gasteiger partial charge is 0.175 e. The zero-order valence-electron chi connectivity index (χ0n) is 18.8. The lowest BCUT2D eigenvalue weighted by atomic mass is 10.1. The van der Waals surface area contributed by atoms with Crippen molar-refractivity contribution in [1.82, 2.24) is 29.8 Å². The highest BCUT2D eigenvalue weighted by molar-refractivity contribution is 7.99. The van der Waals surface area contributed by atoms with Crippen LogP contribution in [0.15, 0.2) is 46.8 Å². The maximum Gasteiger partial charge on any atom is 0.175 e. The molecule has 0 radical (unpaired) electrons. The molecule has 4 N–H and O–H groups in total. The largest absolute Gasteiger partial charge is 0.497 e. The van der Waals surface area contributed by atoms with E-state index in [1.165, 1.54) is 6.33 Å². The number of H-pyrrole nitrogens is 1. The molecule has 0 amide bonds. The molecule has 3 heterocycles. The number of rotatable bonds is 9. The number of hydrogen-bond donors (Lipinski definition) is 3. The fraction of sp³-hybridized carbons (Fsp3) is 0.348. The van der Waals surface area contributed by atoms with E-state index in [1.807, 2.05) is 25.3 Å². The van der Waals surface area contributed by atoms with Gasteiger partial charge in [-0.1, -0.05) is 25.6 Å². The number of benzene rings is 1. The molecule has 3 aromatic heterocycles. The summed E-state index contributed by atoms with van der Waals surface area (Å²) >= 11 is 1.59. The summed E-state index contributed by atoms with van der Waals surface area (Å²) in [4.78, 5) is 17.7. The third-order valence-corrected chi connectivity index (χ3v) is 6.22. The van der Waals surface area contributed by atoms with Gasteiger partial charge in [0.2, 0.25) is 0 Å². The quantitative estimate of drug-likeness (QED) is 0.326. The van der Waals surface area contributed by atoms with Crippen molar-refractivity contribution in [3.63, 3.8) is 0 Å². The summed E-state index contributed by atoms with van der Waals surface area (Å²) in [6.45, 7) is 8.03. The van der Waals surface area contributed by atoms with Gasteiger partial charge in [0.15, 0.2) is 22.1 Å². The first-order chi connectivity index (χ1) is 15.5. The van der Waals surface area contributed by atoms with Gasteiger partial charge in [0, 0.05) is 34.9 Å². The molecule has 4 rings (SSSR count). The molecule has 0 fully saturated rings. The summed E-state index contributed by atoms with van der Waals surface area (Å²) < 4.78 is 7.63. The SMILES string of the molecule is COc1ccc(-c2c[nH]c(C)c2)c(Sc2nc3c(N)ncnc3n2CCCNC(C)C)c1. The minimum absolute atomic E-state index is 0.392. The number of aromatic nitrogens is 5. The molecule has 0 saturated carbocycles. The Morgan fingerprint density at radius 2 is 2.09 bits per heavy atom. The lowest BCUT2D eigenvalue weighted by Crippen LogP contribution is -2.24. The average molecular weight is 452 g/mol. The fourth-order valence-electron chi connectivity index (χ4n) is 3.56. The van der Waals surface area contributed by atoms with Gasteiger partial charge < -0.3 is 25.3 Å². The third-order valence-electron chi connectivity index (χ3n) is 5.16. The van der Waals surface area contributed by atoms with Crippen LogP contribution in [0, 0.1) is 6.92 Å². The minimum atomic E-state index is 0.392. The summed E-state index contributed by atoms with van der Waals surface area (Å²) in [5.41, 5.74) is 10.9. The van der Waals surface area contributed by atoms with E-state index in [-0.39, 0.29) is 0 Å². The molecule has 32 heavy (non-hydrogen) atoms. The van der Waals surface area contributed by atoms with Crippen LogP contribution in [0.2, 0.25) is 0 Å². The van der Waals surface area contributed by atoms with E-state index in [1.54, 1.807) is 18.9 Å². The minimum Gasteiger partial charge on any atom is -0.497 e. The molecule has 9 heteroatoms.